The predicted molar refractivity (Wildman–Crippen MR) is 165 cm³/mol. The van der Waals surface area contributed by atoms with E-state index >= 15 is 0 Å². The van der Waals surface area contributed by atoms with Crippen molar-refractivity contribution in [2.75, 3.05) is 0 Å². The summed E-state index contributed by atoms with van der Waals surface area (Å²) >= 11 is 0. The standard InChI is InChI=1S/C36H63NO5/c1-20(2)26(37)29(39)41-23-17-24-33(9)18-22(38)27(34(10)13-12-25(42-34)31(6,7)40)32(33,8)15-16-35(24)19-36(35)14-11-21(3)30(4,5)28(23)36/h20-29,38-40H,11-19,37H2,1-10H3/t21-,22-,23-,24?,25?,26?,27-,28-,29?,32+,33-,34+,35?,36?/m0/s1. The van der Waals surface area contributed by atoms with Gasteiger partial charge in [-0.25, -0.2) is 0 Å². The van der Waals surface area contributed by atoms with E-state index < -0.39 is 29.6 Å². The molecule has 42 heavy (non-hydrogen) atoms. The molecule has 242 valence electrons. The minimum Gasteiger partial charge on any atom is -0.393 e. The molecule has 0 aromatic heterocycles. The second-order valence-corrected chi connectivity index (χ2v) is 18.6. The summed E-state index contributed by atoms with van der Waals surface area (Å²) < 4.78 is 13.5. The summed E-state index contributed by atoms with van der Waals surface area (Å²) in [5, 5.41) is 34.1. The van der Waals surface area contributed by atoms with E-state index in [4.69, 9.17) is 15.2 Å². The zero-order chi connectivity index (χ0) is 31.1. The van der Waals surface area contributed by atoms with Crippen LogP contribution in [-0.4, -0.2) is 57.2 Å². The molecule has 6 unspecified atom stereocenters. The maximum Gasteiger partial charge on any atom is 0.170 e. The van der Waals surface area contributed by atoms with Gasteiger partial charge >= 0.3 is 0 Å². The zero-order valence-corrected chi connectivity index (χ0v) is 28.4. The summed E-state index contributed by atoms with van der Waals surface area (Å²) in [6.45, 7) is 22.3. The molecule has 0 aromatic rings. The number of hydrogen-bond donors (Lipinski definition) is 4. The average molecular weight is 590 g/mol. The number of aliphatic hydroxyl groups excluding tert-OH is 2. The van der Waals surface area contributed by atoms with Crippen LogP contribution in [0.1, 0.15) is 127 Å². The Morgan fingerprint density at radius 1 is 0.929 bits per heavy atom. The van der Waals surface area contributed by atoms with Crippen LogP contribution in [-0.2, 0) is 9.47 Å². The second kappa shape index (κ2) is 9.41. The molecule has 5 aliphatic carbocycles. The van der Waals surface area contributed by atoms with E-state index in [2.05, 4.69) is 55.4 Å². The molecule has 5 saturated carbocycles. The summed E-state index contributed by atoms with van der Waals surface area (Å²) in [7, 11) is 0. The number of nitrogens with two attached hydrogens (primary N) is 1. The van der Waals surface area contributed by atoms with Crippen LogP contribution in [0, 0.1) is 56.7 Å². The van der Waals surface area contributed by atoms with Crippen molar-refractivity contribution >= 4 is 0 Å². The Kier molecular flexibility index (Phi) is 7.11. The highest BCUT2D eigenvalue weighted by Gasteiger charge is 2.85. The van der Waals surface area contributed by atoms with Crippen LogP contribution in [0.3, 0.4) is 0 Å². The third-order valence-electron chi connectivity index (χ3n) is 15.7. The van der Waals surface area contributed by atoms with Gasteiger partial charge < -0.3 is 30.5 Å². The minimum absolute atomic E-state index is 0.0225. The number of fused-ring (bicyclic) bond motifs is 2. The lowest BCUT2D eigenvalue weighted by Gasteiger charge is -2.65. The molecular formula is C36H63NO5. The summed E-state index contributed by atoms with van der Waals surface area (Å²) in [6, 6.07) is -0.413. The smallest absolute Gasteiger partial charge is 0.170 e. The maximum absolute atomic E-state index is 12.0. The van der Waals surface area contributed by atoms with Crippen LogP contribution >= 0.6 is 0 Å². The van der Waals surface area contributed by atoms with Crippen molar-refractivity contribution in [2.45, 2.75) is 169 Å². The highest BCUT2D eigenvalue weighted by atomic mass is 16.6. The summed E-state index contributed by atoms with van der Waals surface area (Å²) in [5.74, 6) is 1.59. The molecule has 2 spiro atoms. The van der Waals surface area contributed by atoms with E-state index in [9.17, 15) is 15.3 Å². The molecule has 6 heteroatoms. The third-order valence-corrected chi connectivity index (χ3v) is 15.7. The molecule has 6 rings (SSSR count). The van der Waals surface area contributed by atoms with E-state index in [1.807, 2.05) is 13.8 Å². The van der Waals surface area contributed by atoms with E-state index in [1.165, 1.54) is 25.7 Å². The molecule has 0 aromatic carbocycles. The fourth-order valence-corrected chi connectivity index (χ4v) is 13.0. The first-order valence-electron chi connectivity index (χ1n) is 17.4. The van der Waals surface area contributed by atoms with Crippen molar-refractivity contribution in [3.63, 3.8) is 0 Å². The van der Waals surface area contributed by atoms with Gasteiger partial charge in [0.1, 0.15) is 0 Å². The first-order chi connectivity index (χ1) is 19.2. The number of rotatable bonds is 6. The largest absolute Gasteiger partial charge is 0.393 e. The SMILES string of the molecule is CC(C)C(N)C(O)O[C@H]1CC2C3(CC[C@]4(C)[C@@H]([C@@]5(C)CCC(C(C)(C)O)O5)[C@@H](O)C[C@@]24C)CC32CC[C@H](C)C(C)(C)[C@H]12. The van der Waals surface area contributed by atoms with E-state index in [1.54, 1.807) is 0 Å². The monoisotopic (exact) mass is 589 g/mol. The Labute approximate surface area is 255 Å². The maximum atomic E-state index is 12.0. The Balaban J connectivity index is 1.38. The summed E-state index contributed by atoms with van der Waals surface area (Å²) in [5.41, 5.74) is 5.61. The fraction of sp³-hybridized carbons (Fsp3) is 1.00. The van der Waals surface area contributed by atoms with Crippen molar-refractivity contribution in [2.24, 2.45) is 62.4 Å². The van der Waals surface area contributed by atoms with E-state index in [0.29, 0.717) is 17.8 Å². The van der Waals surface area contributed by atoms with E-state index in [0.717, 1.165) is 32.1 Å². The first-order valence-corrected chi connectivity index (χ1v) is 17.4. The molecule has 6 aliphatic rings. The van der Waals surface area contributed by atoms with Crippen LogP contribution in [0.5, 0.6) is 0 Å². The highest BCUT2D eigenvalue weighted by molar-refractivity contribution is 5.33. The molecule has 14 atom stereocenters. The van der Waals surface area contributed by atoms with Crippen LogP contribution in [0.25, 0.3) is 0 Å². The van der Waals surface area contributed by atoms with Crippen molar-refractivity contribution < 1.29 is 24.8 Å². The third kappa shape index (κ3) is 3.96. The highest BCUT2D eigenvalue weighted by Crippen LogP contribution is 2.89. The second-order valence-electron chi connectivity index (χ2n) is 18.6. The van der Waals surface area contributed by atoms with Gasteiger partial charge in [-0.3, -0.25) is 0 Å². The van der Waals surface area contributed by atoms with Gasteiger partial charge in [0.2, 0.25) is 0 Å². The van der Waals surface area contributed by atoms with Gasteiger partial charge in [0.05, 0.1) is 35.6 Å². The number of hydrogen-bond acceptors (Lipinski definition) is 6. The molecule has 6 nitrogen and oxygen atoms in total. The lowest BCUT2D eigenvalue weighted by molar-refractivity contribution is -0.247. The molecule has 1 heterocycles. The predicted octanol–water partition coefficient (Wildman–Crippen LogP) is 6.04. The van der Waals surface area contributed by atoms with Crippen LogP contribution in [0.15, 0.2) is 0 Å². The molecule has 0 radical (unpaired) electrons. The van der Waals surface area contributed by atoms with Crippen LogP contribution in [0.2, 0.25) is 0 Å². The molecule has 5 N–H and O–H groups in total. The Morgan fingerprint density at radius 3 is 2.19 bits per heavy atom. The molecule has 0 amide bonds. The molecule has 6 fully saturated rings. The number of ether oxygens (including phenoxy) is 2. The van der Waals surface area contributed by atoms with Crippen LogP contribution < -0.4 is 5.73 Å². The zero-order valence-electron chi connectivity index (χ0n) is 28.4. The van der Waals surface area contributed by atoms with Gasteiger partial charge in [-0.05, 0) is 129 Å². The van der Waals surface area contributed by atoms with Crippen molar-refractivity contribution in [3.05, 3.63) is 0 Å². The lowest BCUT2D eigenvalue weighted by atomic mass is 9.40. The Hall–Kier alpha value is -0.240. The van der Waals surface area contributed by atoms with Crippen molar-refractivity contribution in [3.8, 4) is 0 Å². The topological polar surface area (TPSA) is 105 Å². The van der Waals surface area contributed by atoms with Gasteiger partial charge in [-0.1, -0.05) is 48.5 Å². The quantitative estimate of drug-likeness (QED) is 0.282. The number of aliphatic hydroxyl groups is 3. The van der Waals surface area contributed by atoms with Gasteiger partial charge in [-0.2, -0.15) is 0 Å². The summed E-state index contributed by atoms with van der Waals surface area (Å²) in [4.78, 5) is 0. The van der Waals surface area contributed by atoms with E-state index in [-0.39, 0.29) is 51.1 Å². The van der Waals surface area contributed by atoms with Gasteiger partial charge in [0.15, 0.2) is 6.29 Å². The first kappa shape index (κ1) is 31.7. The molecular weight excluding hydrogens is 526 g/mol. The van der Waals surface area contributed by atoms with Crippen molar-refractivity contribution in [1.29, 1.82) is 0 Å². The van der Waals surface area contributed by atoms with Crippen molar-refractivity contribution in [1.82, 2.24) is 0 Å². The normalized spacial score (nSPS) is 54.5. The molecule has 1 saturated heterocycles. The fourth-order valence-electron chi connectivity index (χ4n) is 13.0. The lowest BCUT2D eigenvalue weighted by Crippen LogP contribution is -2.62. The van der Waals surface area contributed by atoms with Crippen LogP contribution in [0.4, 0.5) is 0 Å². The Bertz CT molecular complexity index is 1070. The minimum atomic E-state index is -0.972. The van der Waals surface area contributed by atoms with Gasteiger partial charge in [0, 0.05) is 5.92 Å². The molecule has 0 bridgehead atoms. The van der Waals surface area contributed by atoms with Gasteiger partial charge in [-0.15, -0.1) is 0 Å². The summed E-state index contributed by atoms with van der Waals surface area (Å²) in [6.07, 6.45) is 7.83. The molecule has 1 aliphatic heterocycles. The average Bonchev–Trinajstić information content (AvgIpc) is 3.24. The van der Waals surface area contributed by atoms with Gasteiger partial charge in [0.25, 0.3) is 0 Å². The Morgan fingerprint density at radius 2 is 1.60 bits per heavy atom.